The van der Waals surface area contributed by atoms with Crippen LogP contribution in [0.25, 0.3) is 0 Å². The van der Waals surface area contributed by atoms with Crippen molar-refractivity contribution in [3.05, 3.63) is 97.2 Å². The van der Waals surface area contributed by atoms with Crippen LogP contribution in [0.5, 0.6) is 0 Å². The minimum atomic E-state index is -0.801. The number of unbranched alkanes of at least 4 members (excludes halogenated alkanes) is 26. The summed E-state index contributed by atoms with van der Waals surface area (Å²) in [6, 6.07) is 0. The number of carbonyl (C=O) groups excluding carboxylic acids is 3. The summed E-state index contributed by atoms with van der Waals surface area (Å²) in [5, 5.41) is 0. The molecule has 0 fully saturated rings. The topological polar surface area (TPSA) is 78.9 Å². The average molecular weight is 988 g/mol. The molecule has 0 aliphatic rings. The second kappa shape index (κ2) is 58.9. The van der Waals surface area contributed by atoms with Crippen molar-refractivity contribution in [3.8, 4) is 0 Å². The van der Waals surface area contributed by atoms with Gasteiger partial charge in [0.2, 0.25) is 0 Å². The quantitative estimate of drug-likeness (QED) is 0.0261. The molecular formula is C65H110O6. The largest absolute Gasteiger partial charge is 0.462 e. The predicted octanol–water partition coefficient (Wildman–Crippen LogP) is 20.1. The number of esters is 3. The Kier molecular flexibility index (Phi) is 55.9. The highest BCUT2D eigenvalue weighted by atomic mass is 16.6. The minimum Gasteiger partial charge on any atom is -0.462 e. The molecule has 406 valence electrons. The number of carbonyl (C=O) groups is 3. The third kappa shape index (κ3) is 57.1. The van der Waals surface area contributed by atoms with Crippen molar-refractivity contribution in [2.75, 3.05) is 13.2 Å². The van der Waals surface area contributed by atoms with Crippen LogP contribution in [0, 0.1) is 0 Å². The fourth-order valence-electron chi connectivity index (χ4n) is 8.01. The van der Waals surface area contributed by atoms with E-state index in [4.69, 9.17) is 14.2 Å². The number of rotatable bonds is 53. The zero-order chi connectivity index (χ0) is 51.4. The van der Waals surface area contributed by atoms with Crippen LogP contribution >= 0.6 is 0 Å². The molecule has 0 atom stereocenters. The van der Waals surface area contributed by atoms with Crippen LogP contribution in [-0.4, -0.2) is 37.2 Å². The van der Waals surface area contributed by atoms with Gasteiger partial charge in [-0.15, -0.1) is 0 Å². The Hall–Kier alpha value is -3.67. The summed E-state index contributed by atoms with van der Waals surface area (Å²) in [6.07, 6.45) is 78.2. The first kappa shape index (κ1) is 67.3. The van der Waals surface area contributed by atoms with E-state index in [-0.39, 0.29) is 31.1 Å². The minimum absolute atomic E-state index is 0.0986. The molecule has 0 radical (unpaired) electrons. The van der Waals surface area contributed by atoms with Gasteiger partial charge in [0, 0.05) is 19.3 Å². The highest BCUT2D eigenvalue weighted by Crippen LogP contribution is 2.14. The van der Waals surface area contributed by atoms with Gasteiger partial charge in [-0.3, -0.25) is 14.4 Å². The molecule has 0 amide bonds. The van der Waals surface area contributed by atoms with E-state index in [1.54, 1.807) is 0 Å². The van der Waals surface area contributed by atoms with Gasteiger partial charge in [-0.1, -0.05) is 227 Å². The van der Waals surface area contributed by atoms with Crippen molar-refractivity contribution in [3.63, 3.8) is 0 Å². The Morgan fingerprint density at radius 2 is 0.507 bits per heavy atom. The molecule has 71 heavy (non-hydrogen) atoms. The van der Waals surface area contributed by atoms with Crippen LogP contribution < -0.4 is 0 Å². The molecule has 0 N–H and O–H groups in total. The van der Waals surface area contributed by atoms with E-state index in [2.05, 4.69) is 118 Å². The van der Waals surface area contributed by atoms with Crippen molar-refractivity contribution >= 4 is 17.9 Å². The smallest absolute Gasteiger partial charge is 0.306 e. The first-order chi connectivity index (χ1) is 35.0. The molecule has 0 spiro atoms. The Labute approximate surface area is 438 Å². The number of allylic oxidation sites excluding steroid dienone is 16. The normalized spacial score (nSPS) is 12.4. The maximum Gasteiger partial charge on any atom is 0.306 e. The summed E-state index contributed by atoms with van der Waals surface area (Å²) in [5.74, 6) is -0.939. The lowest BCUT2D eigenvalue weighted by Gasteiger charge is -2.18. The van der Waals surface area contributed by atoms with E-state index >= 15 is 0 Å². The van der Waals surface area contributed by atoms with Crippen LogP contribution in [0.15, 0.2) is 97.2 Å². The lowest BCUT2D eigenvalue weighted by molar-refractivity contribution is -0.167. The fourth-order valence-corrected chi connectivity index (χ4v) is 8.01. The van der Waals surface area contributed by atoms with Gasteiger partial charge < -0.3 is 14.2 Å². The molecule has 0 bridgehead atoms. The Bertz CT molecular complexity index is 1340. The highest BCUT2D eigenvalue weighted by molar-refractivity contribution is 5.71. The first-order valence-corrected chi connectivity index (χ1v) is 29.7. The van der Waals surface area contributed by atoms with Gasteiger partial charge in [-0.2, -0.15) is 0 Å². The van der Waals surface area contributed by atoms with Crippen molar-refractivity contribution in [1.82, 2.24) is 0 Å². The van der Waals surface area contributed by atoms with Crippen molar-refractivity contribution < 1.29 is 28.6 Å². The van der Waals surface area contributed by atoms with Gasteiger partial charge in [0.1, 0.15) is 13.2 Å². The number of hydrogen-bond acceptors (Lipinski definition) is 6. The molecule has 0 aliphatic carbocycles. The van der Waals surface area contributed by atoms with Gasteiger partial charge in [0.05, 0.1) is 0 Å². The van der Waals surface area contributed by atoms with E-state index in [0.717, 1.165) is 116 Å². The third-order valence-electron chi connectivity index (χ3n) is 12.5. The maximum atomic E-state index is 12.9. The molecule has 0 aliphatic heterocycles. The molecule has 0 aromatic heterocycles. The molecule has 0 saturated carbocycles. The van der Waals surface area contributed by atoms with E-state index in [1.807, 2.05) is 0 Å². The molecule has 0 saturated heterocycles. The van der Waals surface area contributed by atoms with Crippen LogP contribution in [0.2, 0.25) is 0 Å². The molecule has 0 heterocycles. The van der Waals surface area contributed by atoms with E-state index in [9.17, 15) is 14.4 Å². The SMILES string of the molecule is CCCCC/C=C\C/C=C\C/C=C\CCCCCCC(=O)OCC(COC(=O)CCCCCC/C=C\C/C=C\C/C=C\CCCCC)OC(=O)CCCCCCCCCCC/C=C\C/C=C\CCCCC. The van der Waals surface area contributed by atoms with E-state index in [1.165, 1.54) is 122 Å². The van der Waals surface area contributed by atoms with Crippen LogP contribution in [-0.2, 0) is 28.6 Å². The summed E-state index contributed by atoms with van der Waals surface area (Å²) >= 11 is 0. The first-order valence-electron chi connectivity index (χ1n) is 29.7. The Balaban J connectivity index is 4.48. The second-order valence-electron chi connectivity index (χ2n) is 19.5. The predicted molar refractivity (Wildman–Crippen MR) is 307 cm³/mol. The zero-order valence-corrected chi connectivity index (χ0v) is 46.5. The van der Waals surface area contributed by atoms with E-state index < -0.39 is 6.10 Å². The summed E-state index contributed by atoms with van der Waals surface area (Å²) < 4.78 is 16.9. The van der Waals surface area contributed by atoms with Crippen molar-refractivity contribution in [1.29, 1.82) is 0 Å². The van der Waals surface area contributed by atoms with Crippen LogP contribution in [0.1, 0.15) is 278 Å². The molecule has 0 aromatic carbocycles. The van der Waals surface area contributed by atoms with Gasteiger partial charge >= 0.3 is 17.9 Å². The standard InChI is InChI=1S/C65H110O6/c1-4-7-10-13-16-19-22-25-28-31-32-35-38-41-44-47-50-53-56-59-65(68)71-62(60-69-63(66)57-54-51-48-45-42-39-36-33-29-26-23-20-17-14-11-8-5-2)61-70-64(67)58-55-52-49-46-43-40-37-34-30-27-24-21-18-15-12-9-6-3/h16-21,25-30,36-37,39-40,62H,4-15,22-24,31-35,38,41-61H2,1-3H3/b19-16-,20-17-,21-18-,28-25-,29-26-,30-27-,39-36-,40-37-. The van der Waals surface area contributed by atoms with Crippen LogP contribution in [0.3, 0.4) is 0 Å². The Morgan fingerprint density at radius 1 is 0.282 bits per heavy atom. The molecule has 6 heteroatoms. The maximum absolute atomic E-state index is 12.9. The molecule has 6 nitrogen and oxygen atoms in total. The average Bonchev–Trinajstić information content (AvgIpc) is 3.37. The lowest BCUT2D eigenvalue weighted by Crippen LogP contribution is -2.30. The molecule has 0 rings (SSSR count). The number of ether oxygens (including phenoxy) is 3. The lowest BCUT2D eigenvalue weighted by atomic mass is 10.1. The molecule has 0 aromatic rings. The van der Waals surface area contributed by atoms with Crippen LogP contribution in [0.4, 0.5) is 0 Å². The van der Waals surface area contributed by atoms with E-state index in [0.29, 0.717) is 19.3 Å². The van der Waals surface area contributed by atoms with Gasteiger partial charge in [-0.25, -0.2) is 0 Å². The molecule has 0 unspecified atom stereocenters. The summed E-state index contributed by atoms with van der Waals surface area (Å²) in [7, 11) is 0. The van der Waals surface area contributed by atoms with Gasteiger partial charge in [0.15, 0.2) is 6.10 Å². The summed E-state index contributed by atoms with van der Waals surface area (Å²) in [6.45, 7) is 6.53. The highest BCUT2D eigenvalue weighted by Gasteiger charge is 2.19. The van der Waals surface area contributed by atoms with Crippen molar-refractivity contribution in [2.45, 2.75) is 284 Å². The summed E-state index contributed by atoms with van der Waals surface area (Å²) in [4.78, 5) is 38.2. The van der Waals surface area contributed by atoms with Gasteiger partial charge in [-0.05, 0) is 128 Å². The van der Waals surface area contributed by atoms with Crippen molar-refractivity contribution in [2.24, 2.45) is 0 Å². The fraction of sp³-hybridized carbons (Fsp3) is 0.708. The summed E-state index contributed by atoms with van der Waals surface area (Å²) in [5.41, 5.74) is 0. The van der Waals surface area contributed by atoms with Gasteiger partial charge in [0.25, 0.3) is 0 Å². The number of hydrogen-bond donors (Lipinski definition) is 0. The third-order valence-corrected chi connectivity index (χ3v) is 12.5. The second-order valence-corrected chi connectivity index (χ2v) is 19.5. The monoisotopic (exact) mass is 987 g/mol. The zero-order valence-electron chi connectivity index (χ0n) is 46.5. The molecular weight excluding hydrogens is 877 g/mol. The Morgan fingerprint density at radius 3 is 0.789 bits per heavy atom.